The number of aryl methyl sites for hydroxylation is 1. The first-order chi connectivity index (χ1) is 4.83. The zero-order chi connectivity index (χ0) is 7.40. The Morgan fingerprint density at radius 2 is 2.30 bits per heavy atom. The van der Waals surface area contributed by atoms with Crippen LogP contribution in [0.4, 0.5) is 0 Å². The number of hydrogen-bond donors (Lipinski definition) is 1. The van der Waals surface area contributed by atoms with Crippen molar-refractivity contribution in [3.63, 3.8) is 0 Å². The van der Waals surface area contributed by atoms with Crippen molar-refractivity contribution in [1.29, 1.82) is 0 Å². The van der Waals surface area contributed by atoms with E-state index in [1.165, 1.54) is 0 Å². The number of rotatable bonds is 3. The van der Waals surface area contributed by atoms with Gasteiger partial charge in [-0.1, -0.05) is 0 Å². The molecule has 1 aromatic heterocycles. The summed E-state index contributed by atoms with van der Waals surface area (Å²) in [6.45, 7) is 2.66. The maximum absolute atomic E-state index is 5.12. The lowest BCUT2D eigenvalue weighted by atomic mass is 10.4. The highest BCUT2D eigenvalue weighted by molar-refractivity contribution is 4.79. The second-order valence-corrected chi connectivity index (χ2v) is 2.07. The fourth-order valence-corrected chi connectivity index (χ4v) is 0.670. The Kier molecular flexibility index (Phi) is 2.39. The molecule has 0 aromatic carbocycles. The molecule has 0 amide bonds. The summed E-state index contributed by atoms with van der Waals surface area (Å²) in [6.07, 6.45) is 0.803. The van der Waals surface area contributed by atoms with Gasteiger partial charge in [0.15, 0.2) is 0 Å². The third kappa shape index (κ3) is 1.80. The van der Waals surface area contributed by atoms with Gasteiger partial charge < -0.3 is 9.73 Å². The summed E-state index contributed by atoms with van der Waals surface area (Å²) >= 11 is 0. The predicted octanol–water partition coefficient (Wildman–Crippen LogP) is 0.140. The molecule has 0 atom stereocenters. The lowest BCUT2D eigenvalue weighted by Crippen LogP contribution is -2.10. The average molecular weight is 141 g/mol. The molecule has 0 fully saturated rings. The van der Waals surface area contributed by atoms with Crippen molar-refractivity contribution >= 4 is 0 Å². The smallest absolute Gasteiger partial charge is 0.217 e. The molecule has 0 unspecified atom stereocenters. The van der Waals surface area contributed by atoms with Crippen LogP contribution in [0.5, 0.6) is 0 Å². The van der Waals surface area contributed by atoms with Crippen LogP contribution >= 0.6 is 0 Å². The standard InChI is InChI=1S/C6H11N3O/c1-5-8-9-6(10-5)3-4-7-2/h7H,3-4H2,1-2H3. The number of aromatic nitrogens is 2. The molecule has 0 aliphatic heterocycles. The van der Waals surface area contributed by atoms with Crippen LogP contribution in [0.15, 0.2) is 4.42 Å². The third-order valence-corrected chi connectivity index (χ3v) is 1.16. The highest BCUT2D eigenvalue weighted by atomic mass is 16.4. The van der Waals surface area contributed by atoms with Gasteiger partial charge in [0, 0.05) is 19.9 Å². The topological polar surface area (TPSA) is 51.0 Å². The zero-order valence-electron chi connectivity index (χ0n) is 6.22. The van der Waals surface area contributed by atoms with E-state index in [0.29, 0.717) is 11.8 Å². The Bertz CT molecular complexity index is 197. The van der Waals surface area contributed by atoms with Gasteiger partial charge in [-0.15, -0.1) is 10.2 Å². The van der Waals surface area contributed by atoms with E-state index in [-0.39, 0.29) is 0 Å². The molecule has 4 nitrogen and oxygen atoms in total. The van der Waals surface area contributed by atoms with Crippen LogP contribution in [0.2, 0.25) is 0 Å². The van der Waals surface area contributed by atoms with Gasteiger partial charge in [-0.3, -0.25) is 0 Å². The van der Waals surface area contributed by atoms with Crippen molar-refractivity contribution in [2.75, 3.05) is 13.6 Å². The molecule has 0 bridgehead atoms. The largest absolute Gasteiger partial charge is 0.426 e. The number of nitrogens with zero attached hydrogens (tertiary/aromatic N) is 2. The summed E-state index contributed by atoms with van der Waals surface area (Å²) < 4.78 is 5.12. The molecule has 10 heavy (non-hydrogen) atoms. The van der Waals surface area contributed by atoms with Crippen LogP contribution in [0, 0.1) is 6.92 Å². The van der Waals surface area contributed by atoms with Crippen molar-refractivity contribution < 1.29 is 4.42 Å². The molecule has 0 radical (unpaired) electrons. The van der Waals surface area contributed by atoms with Crippen LogP contribution in [-0.4, -0.2) is 23.8 Å². The second-order valence-electron chi connectivity index (χ2n) is 2.07. The van der Waals surface area contributed by atoms with Gasteiger partial charge in [-0.2, -0.15) is 0 Å². The molecule has 1 aromatic rings. The Hall–Kier alpha value is -0.900. The Balaban J connectivity index is 2.42. The van der Waals surface area contributed by atoms with Crippen molar-refractivity contribution in [3.8, 4) is 0 Å². The molecule has 4 heteroatoms. The molecule has 0 spiro atoms. The van der Waals surface area contributed by atoms with E-state index in [2.05, 4.69) is 15.5 Å². The van der Waals surface area contributed by atoms with Gasteiger partial charge in [0.05, 0.1) is 0 Å². The van der Waals surface area contributed by atoms with Gasteiger partial charge in [0.1, 0.15) is 0 Å². The fourth-order valence-electron chi connectivity index (χ4n) is 0.670. The summed E-state index contributed by atoms with van der Waals surface area (Å²) in [5, 5.41) is 10.5. The Labute approximate surface area is 59.6 Å². The molecule has 0 aliphatic rings. The van der Waals surface area contributed by atoms with E-state index in [4.69, 9.17) is 4.42 Å². The van der Waals surface area contributed by atoms with Crippen molar-refractivity contribution in [1.82, 2.24) is 15.5 Å². The summed E-state index contributed by atoms with van der Waals surface area (Å²) in [4.78, 5) is 0. The second kappa shape index (κ2) is 3.31. The maximum Gasteiger partial charge on any atom is 0.217 e. The minimum Gasteiger partial charge on any atom is -0.426 e. The first-order valence-corrected chi connectivity index (χ1v) is 3.26. The normalized spacial score (nSPS) is 10.2. The van der Waals surface area contributed by atoms with Gasteiger partial charge in [-0.25, -0.2) is 0 Å². The SMILES string of the molecule is CNCCc1nnc(C)o1. The van der Waals surface area contributed by atoms with Crippen LogP contribution in [-0.2, 0) is 6.42 Å². The number of nitrogens with one attached hydrogen (secondary N) is 1. The Morgan fingerprint density at radius 1 is 1.50 bits per heavy atom. The number of hydrogen-bond acceptors (Lipinski definition) is 4. The van der Waals surface area contributed by atoms with Gasteiger partial charge >= 0.3 is 0 Å². The summed E-state index contributed by atoms with van der Waals surface area (Å²) in [7, 11) is 1.89. The summed E-state index contributed by atoms with van der Waals surface area (Å²) in [5.41, 5.74) is 0. The first kappa shape index (κ1) is 7.21. The van der Waals surface area contributed by atoms with E-state index in [1.54, 1.807) is 6.92 Å². The summed E-state index contributed by atoms with van der Waals surface area (Å²) in [6, 6.07) is 0. The lowest BCUT2D eigenvalue weighted by molar-refractivity contribution is 0.464. The Morgan fingerprint density at radius 3 is 2.80 bits per heavy atom. The molecular weight excluding hydrogens is 130 g/mol. The quantitative estimate of drug-likeness (QED) is 0.650. The molecule has 1 heterocycles. The van der Waals surface area contributed by atoms with Crippen LogP contribution in [0.25, 0.3) is 0 Å². The molecule has 1 N–H and O–H groups in total. The fraction of sp³-hybridized carbons (Fsp3) is 0.667. The van der Waals surface area contributed by atoms with Crippen LogP contribution < -0.4 is 5.32 Å². The number of likely N-dealkylation sites (N-methyl/N-ethyl adjacent to an activating group) is 1. The van der Waals surface area contributed by atoms with E-state index < -0.39 is 0 Å². The summed E-state index contributed by atoms with van der Waals surface area (Å²) in [5.74, 6) is 1.33. The molecular formula is C6H11N3O. The van der Waals surface area contributed by atoms with Gasteiger partial charge in [0.25, 0.3) is 0 Å². The van der Waals surface area contributed by atoms with Gasteiger partial charge in [-0.05, 0) is 7.05 Å². The predicted molar refractivity (Wildman–Crippen MR) is 36.7 cm³/mol. The van der Waals surface area contributed by atoms with E-state index >= 15 is 0 Å². The lowest BCUT2D eigenvalue weighted by Gasteiger charge is -1.90. The van der Waals surface area contributed by atoms with Crippen molar-refractivity contribution in [2.24, 2.45) is 0 Å². The molecule has 56 valence electrons. The van der Waals surface area contributed by atoms with Crippen molar-refractivity contribution in [2.45, 2.75) is 13.3 Å². The van der Waals surface area contributed by atoms with E-state index in [9.17, 15) is 0 Å². The van der Waals surface area contributed by atoms with E-state index in [1.807, 2.05) is 7.05 Å². The van der Waals surface area contributed by atoms with Crippen LogP contribution in [0.3, 0.4) is 0 Å². The third-order valence-electron chi connectivity index (χ3n) is 1.16. The molecule has 1 rings (SSSR count). The maximum atomic E-state index is 5.12. The first-order valence-electron chi connectivity index (χ1n) is 3.26. The molecule has 0 saturated carbocycles. The van der Waals surface area contributed by atoms with Gasteiger partial charge in [0.2, 0.25) is 11.8 Å². The minimum absolute atomic E-state index is 0.631. The van der Waals surface area contributed by atoms with Crippen molar-refractivity contribution in [3.05, 3.63) is 11.8 Å². The molecule has 0 saturated heterocycles. The average Bonchev–Trinajstić information content (AvgIpc) is 2.31. The zero-order valence-corrected chi connectivity index (χ0v) is 6.22. The minimum atomic E-state index is 0.631. The highest BCUT2D eigenvalue weighted by Crippen LogP contribution is 1.96. The van der Waals surface area contributed by atoms with Crippen LogP contribution in [0.1, 0.15) is 11.8 Å². The highest BCUT2D eigenvalue weighted by Gasteiger charge is 1.98. The molecule has 0 aliphatic carbocycles. The van der Waals surface area contributed by atoms with E-state index in [0.717, 1.165) is 13.0 Å². The monoisotopic (exact) mass is 141 g/mol.